The number of carbonyl (C=O) groups excluding carboxylic acids is 5. The van der Waals surface area contributed by atoms with Crippen LogP contribution in [0.4, 0.5) is 13.2 Å². The van der Waals surface area contributed by atoms with Crippen molar-refractivity contribution in [1.82, 2.24) is 10.2 Å². The zero-order valence-electron chi connectivity index (χ0n) is 24.1. The number of nitrogens with two attached hydrogens (primary N) is 1. The highest BCUT2D eigenvalue weighted by Crippen LogP contribution is 2.52. The second-order valence-electron chi connectivity index (χ2n) is 12.1. The number of fused-ring (bicyclic) bond motifs is 3. The van der Waals surface area contributed by atoms with Crippen molar-refractivity contribution in [2.75, 3.05) is 14.1 Å². The fourth-order valence-corrected chi connectivity index (χ4v) is 7.36. The van der Waals surface area contributed by atoms with E-state index >= 15 is 0 Å². The molecule has 0 heterocycles. The average Bonchev–Trinajstić information content (AvgIpc) is 2.92. The molecule has 5 N–H and O–H groups in total. The van der Waals surface area contributed by atoms with Crippen molar-refractivity contribution in [1.29, 1.82) is 0 Å². The topological polar surface area (TPSA) is 167 Å². The molecule has 3 unspecified atom stereocenters. The third-order valence-electron chi connectivity index (χ3n) is 9.33. The van der Waals surface area contributed by atoms with Crippen molar-refractivity contribution in [2.45, 2.75) is 50.2 Å². The molecular weight excluding hydrogens is 583 g/mol. The molecule has 0 bridgehead atoms. The van der Waals surface area contributed by atoms with E-state index in [9.17, 15) is 47.4 Å². The van der Waals surface area contributed by atoms with Gasteiger partial charge in [0.2, 0.25) is 5.91 Å². The number of likely N-dealkylation sites (N-methyl/N-ethyl adjacent to an activating group) is 1. The van der Waals surface area contributed by atoms with Crippen LogP contribution in [-0.4, -0.2) is 69.9 Å². The van der Waals surface area contributed by atoms with E-state index in [1.165, 1.54) is 19.0 Å². The van der Waals surface area contributed by atoms with Crippen LogP contribution in [0.5, 0.6) is 5.75 Å². The van der Waals surface area contributed by atoms with E-state index in [1.807, 2.05) is 0 Å². The van der Waals surface area contributed by atoms with Crippen LogP contribution < -0.4 is 11.1 Å². The van der Waals surface area contributed by atoms with Crippen LogP contribution in [0.2, 0.25) is 0 Å². The molecular formula is C31H32F3N3O7. The summed E-state index contributed by atoms with van der Waals surface area (Å²) in [4.78, 5) is 67.6. The molecule has 2 saturated carbocycles. The predicted octanol–water partition coefficient (Wildman–Crippen LogP) is 1.74. The van der Waals surface area contributed by atoms with Crippen molar-refractivity contribution < 1.29 is 47.4 Å². The van der Waals surface area contributed by atoms with Gasteiger partial charge >= 0.3 is 6.18 Å². The number of aromatic hydroxyl groups is 1. The highest BCUT2D eigenvalue weighted by molar-refractivity contribution is 6.32. The summed E-state index contributed by atoms with van der Waals surface area (Å²) >= 11 is 0. The Balaban J connectivity index is 1.59. The average molecular weight is 616 g/mol. The molecule has 0 aliphatic heterocycles. The van der Waals surface area contributed by atoms with Gasteiger partial charge in [0.05, 0.1) is 23.1 Å². The molecule has 0 aromatic heterocycles. The third kappa shape index (κ3) is 4.74. The van der Waals surface area contributed by atoms with Gasteiger partial charge in [-0.05, 0) is 62.5 Å². The van der Waals surface area contributed by atoms with Gasteiger partial charge in [-0.3, -0.25) is 28.9 Å². The van der Waals surface area contributed by atoms with Gasteiger partial charge in [-0.2, -0.15) is 13.2 Å². The Bertz CT molecular complexity index is 1580. The Kier molecular flexibility index (Phi) is 7.80. The van der Waals surface area contributed by atoms with E-state index in [2.05, 4.69) is 5.32 Å². The van der Waals surface area contributed by atoms with Crippen LogP contribution in [0, 0.1) is 23.7 Å². The summed E-state index contributed by atoms with van der Waals surface area (Å²) in [5.41, 5.74) is 0.532. The maximum absolute atomic E-state index is 14.7. The number of phenolic OH excluding ortho intramolecular Hbond substituents is 1. The Morgan fingerprint density at radius 1 is 1.14 bits per heavy atom. The predicted molar refractivity (Wildman–Crippen MR) is 148 cm³/mol. The SMILES string of the molecule is CC(NCc1cc(O)c2c(c1C(F)(F)F)C[C@H]1C[C@H]3[C@H](N(C)C)C(=O)C(C(N)=O)C(=O)[C@@]3(O)C(=O)C1C2=O)c1ccccc1. The van der Waals surface area contributed by atoms with Gasteiger partial charge in [-0.25, -0.2) is 0 Å². The first-order valence-corrected chi connectivity index (χ1v) is 14.1. The fraction of sp³-hybridized carbons (Fsp3) is 0.452. The van der Waals surface area contributed by atoms with Gasteiger partial charge in [0, 0.05) is 18.5 Å². The van der Waals surface area contributed by atoms with Crippen molar-refractivity contribution in [3.8, 4) is 5.75 Å². The fourth-order valence-electron chi connectivity index (χ4n) is 7.36. The van der Waals surface area contributed by atoms with E-state index in [0.717, 1.165) is 11.6 Å². The molecule has 0 radical (unpaired) electrons. The molecule has 7 atom stereocenters. The molecule has 3 aliphatic rings. The normalized spacial score (nSPS) is 29.2. The second-order valence-corrected chi connectivity index (χ2v) is 12.1. The Labute approximate surface area is 250 Å². The number of benzene rings is 2. The zero-order chi connectivity index (χ0) is 32.5. The first-order chi connectivity index (χ1) is 20.5. The number of carbonyl (C=O) groups is 5. The summed E-state index contributed by atoms with van der Waals surface area (Å²) in [7, 11) is 2.84. The molecule has 0 saturated heterocycles. The molecule has 1 amide bonds. The number of hydrogen-bond acceptors (Lipinski definition) is 9. The first kappa shape index (κ1) is 31.5. The minimum absolute atomic E-state index is 0.306. The van der Waals surface area contributed by atoms with E-state index in [0.29, 0.717) is 0 Å². The van der Waals surface area contributed by atoms with Crippen molar-refractivity contribution >= 4 is 29.0 Å². The van der Waals surface area contributed by atoms with Crippen LogP contribution in [0.3, 0.4) is 0 Å². The highest BCUT2D eigenvalue weighted by atomic mass is 19.4. The second kappa shape index (κ2) is 10.9. The van der Waals surface area contributed by atoms with Gasteiger partial charge < -0.3 is 21.3 Å². The highest BCUT2D eigenvalue weighted by Gasteiger charge is 2.69. The third-order valence-corrected chi connectivity index (χ3v) is 9.33. The smallest absolute Gasteiger partial charge is 0.417 e. The van der Waals surface area contributed by atoms with Crippen molar-refractivity contribution in [3.05, 3.63) is 64.2 Å². The molecule has 2 fully saturated rings. The number of alkyl halides is 3. The zero-order valence-corrected chi connectivity index (χ0v) is 24.1. The molecule has 0 spiro atoms. The Hall–Kier alpha value is -3.94. The lowest BCUT2D eigenvalue weighted by molar-refractivity contribution is -0.181. The number of nitrogens with zero attached hydrogens (tertiary/aromatic N) is 1. The number of halogens is 3. The van der Waals surface area contributed by atoms with Crippen LogP contribution in [-0.2, 0) is 38.3 Å². The number of phenols is 1. The van der Waals surface area contributed by atoms with Crippen LogP contribution in [0.15, 0.2) is 36.4 Å². The molecule has 234 valence electrons. The molecule has 44 heavy (non-hydrogen) atoms. The number of ketones is 4. The lowest BCUT2D eigenvalue weighted by Gasteiger charge is -2.52. The molecule has 5 rings (SSSR count). The minimum Gasteiger partial charge on any atom is -0.507 e. The number of nitrogens with one attached hydrogen (secondary N) is 1. The minimum atomic E-state index is -4.95. The molecule has 10 nitrogen and oxygen atoms in total. The Morgan fingerprint density at radius 2 is 1.77 bits per heavy atom. The van der Waals surface area contributed by atoms with E-state index in [4.69, 9.17) is 5.73 Å². The quantitative estimate of drug-likeness (QED) is 0.354. The van der Waals surface area contributed by atoms with Crippen LogP contribution >= 0.6 is 0 Å². The molecule has 2 aromatic rings. The monoisotopic (exact) mass is 615 g/mol. The molecule has 3 aliphatic carbocycles. The van der Waals surface area contributed by atoms with Crippen molar-refractivity contribution in [2.24, 2.45) is 29.4 Å². The molecule has 2 aromatic carbocycles. The van der Waals surface area contributed by atoms with E-state index in [1.54, 1.807) is 37.3 Å². The largest absolute Gasteiger partial charge is 0.507 e. The summed E-state index contributed by atoms with van der Waals surface area (Å²) in [6, 6.07) is 8.11. The maximum Gasteiger partial charge on any atom is 0.417 e. The van der Waals surface area contributed by atoms with Gasteiger partial charge in [-0.15, -0.1) is 0 Å². The van der Waals surface area contributed by atoms with Gasteiger partial charge in [0.15, 0.2) is 34.7 Å². The summed E-state index contributed by atoms with van der Waals surface area (Å²) in [5, 5.41) is 25.5. The number of Topliss-reactive ketones (excluding diaryl/α,β-unsaturated/α-hetero) is 4. The summed E-state index contributed by atoms with van der Waals surface area (Å²) in [6.45, 7) is 1.45. The summed E-state index contributed by atoms with van der Waals surface area (Å²) in [5.74, 6) is -13.5. The Morgan fingerprint density at radius 3 is 2.34 bits per heavy atom. The standard InChI is InChI=1S/C31H32F3N3O7/c1-13(14-7-5-4-6-8-14)36-12-16-11-19(38)21-17(23(16)31(32,33)34)9-15-10-18-24(37(2)3)26(40)22(29(35)43)28(42)30(18,44)27(41)20(15)25(21)39/h4-8,11,13,15,18,20,22,24,36,38,44H,9-10,12H2,1-3H3,(H2,35,43)/t13?,15-,18-,20?,22?,24-,30-/m0/s1. The van der Waals surface area contributed by atoms with E-state index < -0.39 is 99.4 Å². The van der Waals surface area contributed by atoms with E-state index in [-0.39, 0.29) is 24.6 Å². The number of aliphatic hydroxyl groups is 1. The number of hydrogen-bond donors (Lipinski definition) is 4. The van der Waals surface area contributed by atoms with Crippen LogP contribution in [0.1, 0.15) is 52.0 Å². The lowest BCUT2D eigenvalue weighted by Crippen LogP contribution is -2.74. The van der Waals surface area contributed by atoms with Gasteiger partial charge in [-0.1, -0.05) is 30.3 Å². The lowest BCUT2D eigenvalue weighted by atomic mass is 9.52. The first-order valence-electron chi connectivity index (χ1n) is 14.1. The number of rotatable bonds is 6. The van der Waals surface area contributed by atoms with Gasteiger partial charge in [0.1, 0.15) is 5.75 Å². The van der Waals surface area contributed by atoms with Gasteiger partial charge in [0.25, 0.3) is 0 Å². The maximum atomic E-state index is 14.7. The number of primary amides is 1. The summed E-state index contributed by atoms with van der Waals surface area (Å²) in [6.07, 6.45) is -5.79. The van der Waals surface area contributed by atoms with Crippen molar-refractivity contribution in [3.63, 3.8) is 0 Å². The molecule has 13 heteroatoms. The number of amides is 1. The summed E-state index contributed by atoms with van der Waals surface area (Å²) < 4.78 is 44.1. The van der Waals surface area contributed by atoms with Crippen LogP contribution in [0.25, 0.3) is 0 Å².